The van der Waals surface area contributed by atoms with E-state index in [0.29, 0.717) is 29.0 Å². The molecule has 0 aliphatic heterocycles. The quantitative estimate of drug-likeness (QED) is 0.111. The van der Waals surface area contributed by atoms with Crippen LogP contribution in [0.4, 0.5) is 18.9 Å². The molecule has 19 heteroatoms. The number of alkyl halides is 3. The summed E-state index contributed by atoms with van der Waals surface area (Å²) in [7, 11) is 0. The first-order chi connectivity index (χ1) is 24.2. The normalized spacial score (nSPS) is 11.9. The summed E-state index contributed by atoms with van der Waals surface area (Å²) < 4.78 is 31.7. The topological polar surface area (TPSA) is 256 Å². The molecule has 278 valence electrons. The van der Waals surface area contributed by atoms with Gasteiger partial charge in [0.25, 0.3) is 11.5 Å². The van der Waals surface area contributed by atoms with E-state index in [2.05, 4.69) is 26.5 Å². The van der Waals surface area contributed by atoms with E-state index in [1.165, 1.54) is 12.1 Å². The third kappa shape index (κ3) is 12.8. The number of nitrogens with one attached hydrogen (secondary N) is 3. The molecule has 16 nitrogen and oxygen atoms in total. The Bertz CT molecular complexity index is 1920. The Hall–Kier alpha value is -6.45. The van der Waals surface area contributed by atoms with Gasteiger partial charge in [-0.1, -0.05) is 5.92 Å². The highest BCUT2D eigenvalue weighted by Crippen LogP contribution is 2.22. The van der Waals surface area contributed by atoms with Gasteiger partial charge in [-0.3, -0.25) is 19.2 Å². The van der Waals surface area contributed by atoms with Crippen molar-refractivity contribution in [2.45, 2.75) is 64.3 Å². The number of aryl methyl sites for hydroxylation is 2. The number of hydrogen-bond donors (Lipinski definition) is 7. The fraction of sp³-hybridized carbons (Fsp3) is 0.333. The van der Waals surface area contributed by atoms with Crippen LogP contribution in [0, 0.1) is 26.2 Å². The highest BCUT2D eigenvalue weighted by Gasteiger charge is 2.38. The van der Waals surface area contributed by atoms with Crippen LogP contribution in [0.2, 0.25) is 0 Å². The minimum absolute atomic E-state index is 0.143. The van der Waals surface area contributed by atoms with Crippen molar-refractivity contribution in [2.75, 3.05) is 11.4 Å². The third-order valence-electron chi connectivity index (χ3n) is 7.21. The molecule has 2 aromatic carbocycles. The van der Waals surface area contributed by atoms with Gasteiger partial charge < -0.3 is 40.9 Å². The molecule has 0 saturated carbocycles. The number of halogens is 3. The second kappa shape index (κ2) is 18.5. The minimum atomic E-state index is -5.08. The lowest BCUT2D eigenvalue weighted by Crippen LogP contribution is -2.44. The van der Waals surface area contributed by atoms with Crippen LogP contribution in [0.15, 0.2) is 41.2 Å². The minimum Gasteiger partial charge on any atom is -0.481 e. The van der Waals surface area contributed by atoms with Gasteiger partial charge in [0.05, 0.1) is 17.4 Å². The Labute approximate surface area is 292 Å². The van der Waals surface area contributed by atoms with Crippen molar-refractivity contribution >= 4 is 52.3 Å². The van der Waals surface area contributed by atoms with Crippen LogP contribution < -0.4 is 21.1 Å². The van der Waals surface area contributed by atoms with Gasteiger partial charge >= 0.3 is 30.1 Å². The van der Waals surface area contributed by atoms with Crippen molar-refractivity contribution in [2.24, 2.45) is 0 Å². The largest absolute Gasteiger partial charge is 0.490 e. The number of carboxylic acid groups (broad SMARTS) is 4. The molecule has 0 aliphatic carbocycles. The maximum absolute atomic E-state index is 12.9. The van der Waals surface area contributed by atoms with Crippen molar-refractivity contribution in [3.05, 3.63) is 69.3 Å². The van der Waals surface area contributed by atoms with Gasteiger partial charge in [-0.25, -0.2) is 19.4 Å². The number of aromatic amines is 1. The molecular formula is C33H34F3N5O11. The monoisotopic (exact) mass is 733 g/mol. The van der Waals surface area contributed by atoms with Crippen molar-refractivity contribution in [3.8, 4) is 12.3 Å². The molecule has 0 unspecified atom stereocenters. The zero-order valence-electron chi connectivity index (χ0n) is 27.6. The number of nitrogens with zero attached hydrogens (tertiary/aromatic N) is 2. The summed E-state index contributed by atoms with van der Waals surface area (Å²) in [5.74, 6) is -5.21. The SMILES string of the molecule is C#CCN(Cc1cc2c(=O)[nH]c(C)nc2cc1C)c1ccc(C(=O)N[C@@H](CCC(=O)N[C@H](CCC(=O)O)C(=O)O)C(=O)O)cc1.O=C(O)C(F)(F)F. The highest BCUT2D eigenvalue weighted by atomic mass is 19.4. The standard InChI is InChI=1S/C31H33N5O9.C2HF3O2/c1-4-13-36(16-20-15-22-25(14-17(20)2)32-18(3)33-29(22)41)21-7-5-19(6-8-21)28(40)35-24(31(44)45)9-11-26(37)34-23(30(42)43)10-12-27(38)39;3-2(4,5)1(6)7/h1,5-8,14-15,23-24H,9-13,16H2,2-3H3,(H,34,37)(H,35,40)(H,38,39)(H,42,43)(H,44,45)(H,32,33,41);(H,6,7)/t23-,24+;/m1./s1. The number of hydrogen-bond acceptors (Lipinski definition) is 9. The van der Waals surface area contributed by atoms with Crippen LogP contribution in [0.25, 0.3) is 10.9 Å². The summed E-state index contributed by atoms with van der Waals surface area (Å²) in [5.41, 5.74) is 2.90. The number of amides is 2. The number of terminal acetylenes is 1. The van der Waals surface area contributed by atoms with Crippen LogP contribution in [0.5, 0.6) is 0 Å². The van der Waals surface area contributed by atoms with E-state index >= 15 is 0 Å². The number of aliphatic carboxylic acids is 4. The summed E-state index contributed by atoms with van der Waals surface area (Å²) in [5, 5.41) is 39.6. The average Bonchev–Trinajstić information content (AvgIpc) is 3.04. The summed E-state index contributed by atoms with van der Waals surface area (Å²) in [4.78, 5) is 89.2. The van der Waals surface area contributed by atoms with Crippen LogP contribution in [-0.4, -0.2) is 90.9 Å². The molecule has 0 radical (unpaired) electrons. The number of benzene rings is 2. The van der Waals surface area contributed by atoms with E-state index in [1.807, 2.05) is 17.9 Å². The Morgan fingerprint density at radius 2 is 1.48 bits per heavy atom. The Kier molecular flexibility index (Phi) is 14.9. The van der Waals surface area contributed by atoms with Crippen LogP contribution in [0.1, 0.15) is 53.0 Å². The zero-order valence-corrected chi connectivity index (χ0v) is 27.6. The first kappa shape index (κ1) is 41.7. The van der Waals surface area contributed by atoms with E-state index in [4.69, 9.17) is 21.4 Å². The summed E-state index contributed by atoms with van der Waals surface area (Å²) >= 11 is 0. The molecule has 0 bridgehead atoms. The lowest BCUT2D eigenvalue weighted by Gasteiger charge is -2.24. The average molecular weight is 734 g/mol. The number of H-pyrrole nitrogens is 1. The fourth-order valence-corrected chi connectivity index (χ4v) is 4.57. The van der Waals surface area contributed by atoms with E-state index in [0.717, 1.165) is 11.1 Å². The Morgan fingerprint density at radius 1 is 0.923 bits per heavy atom. The number of anilines is 1. The second-order valence-corrected chi connectivity index (χ2v) is 11.2. The lowest BCUT2D eigenvalue weighted by atomic mass is 10.0. The van der Waals surface area contributed by atoms with Gasteiger partial charge in [0, 0.05) is 30.6 Å². The van der Waals surface area contributed by atoms with Gasteiger partial charge in [0.1, 0.15) is 17.9 Å². The maximum Gasteiger partial charge on any atom is 0.490 e. The molecule has 52 heavy (non-hydrogen) atoms. The number of rotatable bonds is 15. The van der Waals surface area contributed by atoms with E-state index in [1.54, 1.807) is 25.1 Å². The smallest absolute Gasteiger partial charge is 0.481 e. The second-order valence-electron chi connectivity index (χ2n) is 11.2. The van der Waals surface area contributed by atoms with Crippen molar-refractivity contribution < 1.29 is 62.4 Å². The Balaban J connectivity index is 0.00000121. The fourth-order valence-electron chi connectivity index (χ4n) is 4.57. The molecule has 0 fully saturated rings. The molecule has 1 heterocycles. The van der Waals surface area contributed by atoms with Gasteiger partial charge in [-0.15, -0.1) is 6.42 Å². The van der Waals surface area contributed by atoms with Gasteiger partial charge in [-0.05, 0) is 74.2 Å². The van der Waals surface area contributed by atoms with Gasteiger partial charge in [0.2, 0.25) is 5.91 Å². The first-order valence-electron chi connectivity index (χ1n) is 15.1. The lowest BCUT2D eigenvalue weighted by molar-refractivity contribution is -0.192. The number of carbonyl (C=O) groups is 6. The first-order valence-corrected chi connectivity index (χ1v) is 15.1. The zero-order chi connectivity index (χ0) is 39.3. The molecule has 0 aliphatic rings. The number of aromatic nitrogens is 2. The van der Waals surface area contributed by atoms with Crippen LogP contribution in [-0.2, 0) is 30.5 Å². The van der Waals surface area contributed by atoms with E-state index in [9.17, 15) is 52.2 Å². The molecule has 7 N–H and O–H groups in total. The summed E-state index contributed by atoms with van der Waals surface area (Å²) in [6, 6.07) is 6.97. The molecule has 1 aromatic heterocycles. The maximum atomic E-state index is 12.9. The number of fused-ring (bicyclic) bond motifs is 1. The molecule has 2 amide bonds. The number of carbonyl (C=O) groups excluding carboxylic acids is 2. The predicted molar refractivity (Wildman–Crippen MR) is 176 cm³/mol. The van der Waals surface area contributed by atoms with Gasteiger partial charge in [-0.2, -0.15) is 13.2 Å². The molecule has 0 spiro atoms. The van der Waals surface area contributed by atoms with E-state index < -0.39 is 66.8 Å². The molecule has 0 saturated heterocycles. The van der Waals surface area contributed by atoms with Crippen molar-refractivity contribution in [1.29, 1.82) is 0 Å². The molecule has 3 rings (SSSR count). The summed E-state index contributed by atoms with van der Waals surface area (Å²) in [6.45, 7) is 4.18. The van der Waals surface area contributed by atoms with E-state index in [-0.39, 0.29) is 30.5 Å². The van der Waals surface area contributed by atoms with Crippen LogP contribution in [0.3, 0.4) is 0 Å². The third-order valence-corrected chi connectivity index (χ3v) is 7.21. The predicted octanol–water partition coefficient (Wildman–Crippen LogP) is 2.21. The van der Waals surface area contributed by atoms with Crippen molar-refractivity contribution in [3.63, 3.8) is 0 Å². The molecular weight excluding hydrogens is 699 g/mol. The Morgan fingerprint density at radius 3 is 2.00 bits per heavy atom. The van der Waals surface area contributed by atoms with Gasteiger partial charge in [0.15, 0.2) is 0 Å². The molecule has 2 atom stereocenters. The van der Waals surface area contributed by atoms with Crippen molar-refractivity contribution in [1.82, 2.24) is 20.6 Å². The highest BCUT2D eigenvalue weighted by molar-refractivity contribution is 5.97. The molecule has 3 aromatic rings. The van der Waals surface area contributed by atoms with Crippen LogP contribution >= 0.6 is 0 Å². The summed E-state index contributed by atoms with van der Waals surface area (Å²) in [6.07, 6.45) is -1.06. The number of carboxylic acids is 4.